The highest BCUT2D eigenvalue weighted by Gasteiger charge is 2.25. The first kappa shape index (κ1) is 19.5. The Balaban J connectivity index is 2.02. The molecule has 0 aliphatic heterocycles. The normalized spacial score (nSPS) is 12.2. The van der Waals surface area contributed by atoms with Crippen LogP contribution >= 0.6 is 11.6 Å². The predicted octanol–water partition coefficient (Wildman–Crippen LogP) is 2.95. The Morgan fingerprint density at radius 1 is 1.12 bits per heavy atom. The fraction of sp³-hybridized carbons (Fsp3) is 0.211. The van der Waals surface area contributed by atoms with E-state index in [2.05, 4.69) is 15.8 Å². The largest absolute Gasteiger partial charge is 0.508 e. The van der Waals surface area contributed by atoms with Crippen molar-refractivity contribution < 1.29 is 14.7 Å². The lowest BCUT2D eigenvalue weighted by Crippen LogP contribution is -2.48. The zero-order valence-electron chi connectivity index (χ0n) is 14.4. The van der Waals surface area contributed by atoms with E-state index in [4.69, 9.17) is 11.6 Å². The highest BCUT2D eigenvalue weighted by molar-refractivity contribution is 6.33. The van der Waals surface area contributed by atoms with E-state index in [0.717, 1.165) is 0 Å². The first-order chi connectivity index (χ1) is 12.4. The van der Waals surface area contributed by atoms with Gasteiger partial charge in [0.15, 0.2) is 0 Å². The van der Waals surface area contributed by atoms with Crippen LogP contribution < -0.4 is 10.7 Å². The smallest absolute Gasteiger partial charge is 0.262 e. The highest BCUT2D eigenvalue weighted by Crippen LogP contribution is 2.15. The molecule has 6 nitrogen and oxygen atoms in total. The third kappa shape index (κ3) is 5.32. The third-order valence-electron chi connectivity index (χ3n) is 3.64. The second kappa shape index (κ2) is 9.01. The van der Waals surface area contributed by atoms with Crippen LogP contribution in [-0.2, 0) is 4.79 Å². The summed E-state index contributed by atoms with van der Waals surface area (Å²) in [5.74, 6) is -0.860. The number of hydrogen-bond acceptors (Lipinski definition) is 4. The number of hydrazone groups is 1. The number of phenols is 1. The molecular formula is C19H20ClN3O3. The molecule has 0 fully saturated rings. The van der Waals surface area contributed by atoms with E-state index in [-0.39, 0.29) is 11.7 Å². The number of nitrogens with one attached hydrogen (secondary N) is 2. The molecule has 0 bridgehead atoms. The summed E-state index contributed by atoms with van der Waals surface area (Å²) in [6.45, 7) is 3.64. The molecule has 2 amide bonds. The van der Waals surface area contributed by atoms with Crippen molar-refractivity contribution in [3.8, 4) is 5.75 Å². The fourth-order valence-corrected chi connectivity index (χ4v) is 2.42. The number of carbonyl (C=O) groups excluding carboxylic acids is 2. The number of hydrogen-bond donors (Lipinski definition) is 3. The number of carbonyl (C=O) groups is 2. The van der Waals surface area contributed by atoms with Gasteiger partial charge in [0.1, 0.15) is 11.8 Å². The zero-order valence-corrected chi connectivity index (χ0v) is 15.2. The van der Waals surface area contributed by atoms with Gasteiger partial charge in [0.05, 0.1) is 16.8 Å². The van der Waals surface area contributed by atoms with E-state index in [9.17, 15) is 14.7 Å². The number of rotatable bonds is 6. The topological polar surface area (TPSA) is 90.8 Å². The van der Waals surface area contributed by atoms with Crippen LogP contribution in [0.3, 0.4) is 0 Å². The third-order valence-corrected chi connectivity index (χ3v) is 3.97. The second-order valence-electron chi connectivity index (χ2n) is 6.00. The monoisotopic (exact) mass is 373 g/mol. The average molecular weight is 374 g/mol. The fourth-order valence-electron chi connectivity index (χ4n) is 2.20. The highest BCUT2D eigenvalue weighted by atomic mass is 35.5. The van der Waals surface area contributed by atoms with E-state index in [1.54, 1.807) is 36.4 Å². The Hall–Kier alpha value is -2.86. The molecule has 2 aromatic carbocycles. The number of aromatic hydroxyl groups is 1. The number of nitrogens with zero attached hydrogens (tertiary/aromatic N) is 1. The molecule has 1 unspecified atom stereocenters. The summed E-state index contributed by atoms with van der Waals surface area (Å²) in [6, 6.07) is 12.2. The Labute approximate surface area is 156 Å². The van der Waals surface area contributed by atoms with Crippen LogP contribution in [0, 0.1) is 5.92 Å². The lowest BCUT2D eigenvalue weighted by atomic mass is 10.0. The van der Waals surface area contributed by atoms with Crippen LogP contribution in [0.5, 0.6) is 5.75 Å². The number of amides is 2. The van der Waals surface area contributed by atoms with Crippen molar-refractivity contribution >= 4 is 29.6 Å². The van der Waals surface area contributed by atoms with E-state index < -0.39 is 17.9 Å². The zero-order chi connectivity index (χ0) is 19.1. The van der Waals surface area contributed by atoms with Gasteiger partial charge in [-0.2, -0.15) is 5.10 Å². The molecule has 3 N–H and O–H groups in total. The standard InChI is InChI=1S/C19H20ClN3O3/c1-12(2)17(22-18(25)15-5-3-4-6-16(15)20)19(26)23-21-11-13-7-9-14(24)10-8-13/h3-12,17,24H,1-2H3,(H,22,25)(H,23,26)/b21-11+. The molecule has 0 saturated carbocycles. The molecule has 0 spiro atoms. The summed E-state index contributed by atoms with van der Waals surface area (Å²) >= 11 is 6.02. The number of halogens is 1. The van der Waals surface area contributed by atoms with E-state index in [1.807, 2.05) is 13.8 Å². The first-order valence-corrected chi connectivity index (χ1v) is 8.43. The minimum atomic E-state index is -0.768. The Morgan fingerprint density at radius 2 is 1.77 bits per heavy atom. The summed E-state index contributed by atoms with van der Waals surface area (Å²) in [4.78, 5) is 24.7. The second-order valence-corrected chi connectivity index (χ2v) is 6.41. The van der Waals surface area contributed by atoms with Gasteiger partial charge < -0.3 is 10.4 Å². The van der Waals surface area contributed by atoms with E-state index in [1.165, 1.54) is 18.3 Å². The lowest BCUT2D eigenvalue weighted by Gasteiger charge is -2.20. The molecule has 136 valence electrons. The Morgan fingerprint density at radius 3 is 2.38 bits per heavy atom. The van der Waals surface area contributed by atoms with Crippen molar-refractivity contribution in [2.45, 2.75) is 19.9 Å². The molecule has 0 aromatic heterocycles. The first-order valence-electron chi connectivity index (χ1n) is 8.06. The molecule has 2 rings (SSSR count). The molecule has 0 saturated heterocycles. The lowest BCUT2D eigenvalue weighted by molar-refractivity contribution is -0.123. The van der Waals surface area contributed by atoms with Crippen LogP contribution in [0.25, 0.3) is 0 Å². The molecule has 0 radical (unpaired) electrons. The average Bonchev–Trinajstić information content (AvgIpc) is 2.61. The van der Waals surface area contributed by atoms with Crippen LogP contribution in [-0.4, -0.2) is 29.2 Å². The maximum absolute atomic E-state index is 12.4. The van der Waals surface area contributed by atoms with Gasteiger partial charge in [-0.25, -0.2) is 5.43 Å². The molecule has 26 heavy (non-hydrogen) atoms. The minimum absolute atomic E-state index is 0.147. The van der Waals surface area contributed by atoms with Gasteiger partial charge in [-0.1, -0.05) is 37.6 Å². The van der Waals surface area contributed by atoms with Gasteiger partial charge in [-0.15, -0.1) is 0 Å². The minimum Gasteiger partial charge on any atom is -0.508 e. The molecular weight excluding hydrogens is 354 g/mol. The molecule has 0 aliphatic rings. The summed E-state index contributed by atoms with van der Waals surface area (Å²) in [7, 11) is 0. The molecule has 0 heterocycles. The van der Waals surface area contributed by atoms with Crippen LogP contribution in [0.2, 0.25) is 5.02 Å². The van der Waals surface area contributed by atoms with Crippen molar-refractivity contribution in [3.63, 3.8) is 0 Å². The van der Waals surface area contributed by atoms with Gasteiger partial charge in [0, 0.05) is 0 Å². The SMILES string of the molecule is CC(C)C(NC(=O)c1ccccc1Cl)C(=O)N/N=C/c1ccc(O)cc1. The van der Waals surface area contributed by atoms with E-state index >= 15 is 0 Å². The molecule has 1 atom stereocenters. The van der Waals surface area contributed by atoms with Gasteiger partial charge in [-0.05, 0) is 47.9 Å². The van der Waals surface area contributed by atoms with Crippen molar-refractivity contribution in [1.29, 1.82) is 0 Å². The Kier molecular flexibility index (Phi) is 6.74. The summed E-state index contributed by atoms with van der Waals surface area (Å²) in [6.07, 6.45) is 1.45. The predicted molar refractivity (Wildman–Crippen MR) is 101 cm³/mol. The Bertz CT molecular complexity index is 804. The summed E-state index contributed by atoms with van der Waals surface area (Å²) < 4.78 is 0. The summed E-state index contributed by atoms with van der Waals surface area (Å²) in [5.41, 5.74) is 3.44. The van der Waals surface area contributed by atoms with E-state index in [0.29, 0.717) is 16.1 Å². The quantitative estimate of drug-likeness (QED) is 0.537. The van der Waals surface area contributed by atoms with Gasteiger partial charge in [0.25, 0.3) is 11.8 Å². The van der Waals surface area contributed by atoms with Crippen molar-refractivity contribution in [3.05, 3.63) is 64.7 Å². The van der Waals surface area contributed by atoms with Crippen LogP contribution in [0.4, 0.5) is 0 Å². The number of phenolic OH excluding ortho intramolecular Hbond substituents is 1. The van der Waals surface area contributed by atoms with Crippen LogP contribution in [0.1, 0.15) is 29.8 Å². The molecule has 7 heteroatoms. The summed E-state index contributed by atoms with van der Waals surface area (Å²) in [5, 5.41) is 16.1. The maximum Gasteiger partial charge on any atom is 0.262 e. The van der Waals surface area contributed by atoms with Gasteiger partial charge in [0.2, 0.25) is 0 Å². The maximum atomic E-state index is 12.4. The van der Waals surface area contributed by atoms with Gasteiger partial charge in [-0.3, -0.25) is 9.59 Å². The molecule has 2 aromatic rings. The van der Waals surface area contributed by atoms with Crippen molar-refractivity contribution in [2.75, 3.05) is 0 Å². The molecule has 0 aliphatic carbocycles. The van der Waals surface area contributed by atoms with Crippen molar-refractivity contribution in [1.82, 2.24) is 10.7 Å². The van der Waals surface area contributed by atoms with Gasteiger partial charge >= 0.3 is 0 Å². The number of benzene rings is 2. The van der Waals surface area contributed by atoms with Crippen molar-refractivity contribution in [2.24, 2.45) is 11.0 Å². The van der Waals surface area contributed by atoms with Crippen LogP contribution in [0.15, 0.2) is 53.6 Å².